The molecule has 1 aliphatic rings. The Morgan fingerprint density at radius 3 is 2.96 bits per heavy atom. The first-order chi connectivity index (χ1) is 11.9. The van der Waals surface area contributed by atoms with Gasteiger partial charge in [-0.2, -0.15) is 0 Å². The number of aryl methyl sites for hydroxylation is 1. The number of esters is 1. The molecule has 1 amide bonds. The van der Waals surface area contributed by atoms with E-state index in [2.05, 4.69) is 28.6 Å². The summed E-state index contributed by atoms with van der Waals surface area (Å²) in [5.74, 6) is 1.72. The Balaban J connectivity index is 1.78. The number of carbonyl (C=O) groups is 2. The summed E-state index contributed by atoms with van der Waals surface area (Å²) < 4.78 is 10.1. The number of nitrogens with zero attached hydrogens (tertiary/aromatic N) is 2. The van der Waals surface area contributed by atoms with Crippen LogP contribution in [0.4, 0.5) is 0 Å². The molecule has 2 aromatic rings. The molecule has 7 heteroatoms. The molecular formula is C18H23N3O4. The maximum absolute atomic E-state index is 12.2. The molecule has 0 bridgehead atoms. The molecule has 25 heavy (non-hydrogen) atoms. The summed E-state index contributed by atoms with van der Waals surface area (Å²) in [6.45, 7) is 7.44. The Morgan fingerprint density at radius 1 is 1.52 bits per heavy atom. The van der Waals surface area contributed by atoms with Crippen LogP contribution in [0, 0.1) is 12.8 Å². The number of methoxy groups -OCH3 is 1. The van der Waals surface area contributed by atoms with Crippen LogP contribution in [-0.2, 0) is 9.53 Å². The number of amides is 1. The number of likely N-dealkylation sites (tertiary alicyclic amines) is 1. The van der Waals surface area contributed by atoms with E-state index in [4.69, 9.17) is 4.42 Å². The summed E-state index contributed by atoms with van der Waals surface area (Å²) in [5, 5.41) is 0. The van der Waals surface area contributed by atoms with E-state index in [1.165, 1.54) is 7.11 Å². The fourth-order valence-electron chi connectivity index (χ4n) is 3.20. The van der Waals surface area contributed by atoms with Gasteiger partial charge in [-0.25, -0.2) is 9.78 Å². The minimum Gasteiger partial charge on any atom is -0.463 e. The molecule has 3 heterocycles. The van der Waals surface area contributed by atoms with Crippen LogP contribution in [0.15, 0.2) is 16.7 Å². The third-order valence-corrected chi connectivity index (χ3v) is 4.38. The maximum atomic E-state index is 12.2. The number of aromatic nitrogens is 2. The smallest absolute Gasteiger partial charge is 0.373 e. The molecule has 3 rings (SSSR count). The summed E-state index contributed by atoms with van der Waals surface area (Å²) in [4.78, 5) is 33.4. The Kier molecular flexibility index (Phi) is 4.65. The summed E-state index contributed by atoms with van der Waals surface area (Å²) in [7, 11) is 1.31. The predicted molar refractivity (Wildman–Crippen MR) is 91.1 cm³/mol. The molecule has 0 spiro atoms. The first kappa shape index (κ1) is 17.3. The fourth-order valence-corrected chi connectivity index (χ4v) is 3.20. The first-order valence-electron chi connectivity index (χ1n) is 8.40. The lowest BCUT2D eigenvalue weighted by Gasteiger charge is -2.18. The second kappa shape index (κ2) is 6.74. The molecular weight excluding hydrogens is 322 g/mol. The largest absolute Gasteiger partial charge is 0.463 e. The topological polar surface area (TPSA) is 88.4 Å². The van der Waals surface area contributed by atoms with Crippen LogP contribution in [0.25, 0.3) is 11.3 Å². The third kappa shape index (κ3) is 3.45. The van der Waals surface area contributed by atoms with E-state index in [9.17, 15) is 9.59 Å². The zero-order chi connectivity index (χ0) is 18.1. The highest BCUT2D eigenvalue weighted by atomic mass is 16.5. The molecule has 1 N–H and O–H groups in total. The monoisotopic (exact) mass is 345 g/mol. The highest BCUT2D eigenvalue weighted by molar-refractivity contribution is 5.88. The lowest BCUT2D eigenvalue weighted by Crippen LogP contribution is -2.29. The molecule has 0 aliphatic carbocycles. The van der Waals surface area contributed by atoms with Gasteiger partial charge in [0.15, 0.2) is 0 Å². The van der Waals surface area contributed by atoms with Gasteiger partial charge >= 0.3 is 5.97 Å². The highest BCUT2D eigenvalue weighted by Crippen LogP contribution is 2.30. The van der Waals surface area contributed by atoms with Gasteiger partial charge in [0.05, 0.1) is 19.0 Å². The molecule has 0 aromatic carbocycles. The van der Waals surface area contributed by atoms with E-state index < -0.39 is 5.97 Å². The van der Waals surface area contributed by atoms with Crippen LogP contribution < -0.4 is 0 Å². The zero-order valence-electron chi connectivity index (χ0n) is 15.0. The van der Waals surface area contributed by atoms with E-state index >= 15 is 0 Å². The first-order valence-corrected chi connectivity index (χ1v) is 8.40. The van der Waals surface area contributed by atoms with Crippen molar-refractivity contribution >= 4 is 11.9 Å². The average Bonchev–Trinajstić information content (AvgIpc) is 3.25. The van der Waals surface area contributed by atoms with Crippen LogP contribution in [0.5, 0.6) is 0 Å². The zero-order valence-corrected chi connectivity index (χ0v) is 15.0. The normalized spacial score (nSPS) is 17.6. The van der Waals surface area contributed by atoms with Crippen molar-refractivity contribution in [2.75, 3.05) is 20.2 Å². The third-order valence-electron chi connectivity index (χ3n) is 4.38. The number of furan rings is 1. The number of H-pyrrole nitrogens is 1. The van der Waals surface area contributed by atoms with E-state index in [1.807, 2.05) is 4.90 Å². The van der Waals surface area contributed by atoms with Gasteiger partial charge in [0, 0.05) is 37.1 Å². The number of imidazole rings is 1. The van der Waals surface area contributed by atoms with Crippen molar-refractivity contribution in [2.24, 2.45) is 5.92 Å². The Hall–Kier alpha value is -2.57. The second-order valence-corrected chi connectivity index (χ2v) is 6.85. The molecule has 0 saturated carbocycles. The molecule has 1 aliphatic heterocycles. The lowest BCUT2D eigenvalue weighted by atomic mass is 10.1. The SMILES string of the molecule is COC(=O)c1cc(-c2cnc([C@@H]3CC(=O)N(CC(C)C)C3)[nH]2)c(C)o1. The Bertz CT molecular complexity index is 790. The van der Waals surface area contributed by atoms with Crippen molar-refractivity contribution in [3.05, 3.63) is 29.6 Å². The van der Waals surface area contributed by atoms with Crippen molar-refractivity contribution in [1.29, 1.82) is 0 Å². The molecule has 0 radical (unpaired) electrons. The number of hydrogen-bond donors (Lipinski definition) is 1. The summed E-state index contributed by atoms with van der Waals surface area (Å²) >= 11 is 0. The number of carbonyl (C=O) groups excluding carboxylic acids is 2. The van der Waals surface area contributed by atoms with Gasteiger partial charge in [-0.15, -0.1) is 0 Å². The average molecular weight is 345 g/mol. The Morgan fingerprint density at radius 2 is 2.28 bits per heavy atom. The van der Waals surface area contributed by atoms with Gasteiger partial charge in [-0.1, -0.05) is 13.8 Å². The van der Waals surface area contributed by atoms with E-state index in [1.54, 1.807) is 19.2 Å². The fraction of sp³-hybridized carbons (Fsp3) is 0.500. The van der Waals surface area contributed by atoms with Crippen LogP contribution >= 0.6 is 0 Å². The quantitative estimate of drug-likeness (QED) is 0.842. The van der Waals surface area contributed by atoms with Gasteiger partial charge in [-0.3, -0.25) is 4.79 Å². The highest BCUT2D eigenvalue weighted by Gasteiger charge is 2.32. The minimum atomic E-state index is -0.514. The van der Waals surface area contributed by atoms with Crippen LogP contribution in [0.1, 0.15) is 48.3 Å². The summed E-state index contributed by atoms with van der Waals surface area (Å²) in [6.07, 6.45) is 2.18. The van der Waals surface area contributed by atoms with Crippen molar-refractivity contribution in [2.45, 2.75) is 33.1 Å². The number of ether oxygens (including phenoxy) is 1. The van der Waals surface area contributed by atoms with Crippen LogP contribution in [0.3, 0.4) is 0 Å². The number of hydrogen-bond acceptors (Lipinski definition) is 5. The number of rotatable bonds is 5. The van der Waals surface area contributed by atoms with Gasteiger partial charge in [-0.05, 0) is 12.8 Å². The van der Waals surface area contributed by atoms with Crippen LogP contribution in [-0.4, -0.2) is 46.9 Å². The van der Waals surface area contributed by atoms with Gasteiger partial charge in [0.1, 0.15) is 11.6 Å². The standard InChI is InChI=1S/C18H23N3O4/c1-10(2)8-21-9-12(5-16(21)22)17-19-7-14(20-17)13-6-15(18(23)24-4)25-11(13)3/h6-7,10,12H,5,8-9H2,1-4H3,(H,19,20)/t12-/m1/s1. The van der Waals surface area contributed by atoms with Gasteiger partial charge in [0.2, 0.25) is 11.7 Å². The molecule has 0 unspecified atom stereocenters. The summed E-state index contributed by atoms with van der Waals surface area (Å²) in [5.41, 5.74) is 1.53. The van der Waals surface area contributed by atoms with Crippen molar-refractivity contribution in [3.8, 4) is 11.3 Å². The van der Waals surface area contributed by atoms with Gasteiger partial charge < -0.3 is 19.0 Å². The second-order valence-electron chi connectivity index (χ2n) is 6.85. The van der Waals surface area contributed by atoms with Crippen molar-refractivity contribution in [1.82, 2.24) is 14.9 Å². The van der Waals surface area contributed by atoms with E-state index in [0.717, 1.165) is 23.6 Å². The minimum absolute atomic E-state index is 0.0623. The summed E-state index contributed by atoms with van der Waals surface area (Å²) in [6, 6.07) is 1.64. The number of aromatic amines is 1. The molecule has 1 saturated heterocycles. The van der Waals surface area contributed by atoms with E-state index in [-0.39, 0.29) is 17.6 Å². The molecule has 1 fully saturated rings. The van der Waals surface area contributed by atoms with Crippen LogP contribution in [0.2, 0.25) is 0 Å². The molecule has 2 aromatic heterocycles. The number of nitrogens with one attached hydrogen (secondary N) is 1. The Labute approximate surface area is 146 Å². The van der Waals surface area contributed by atoms with Crippen molar-refractivity contribution in [3.63, 3.8) is 0 Å². The molecule has 7 nitrogen and oxygen atoms in total. The maximum Gasteiger partial charge on any atom is 0.373 e. The molecule has 1 atom stereocenters. The molecule has 134 valence electrons. The van der Waals surface area contributed by atoms with Gasteiger partial charge in [0.25, 0.3) is 0 Å². The predicted octanol–water partition coefficient (Wildman–Crippen LogP) is 2.74. The van der Waals surface area contributed by atoms with Crippen molar-refractivity contribution < 1.29 is 18.7 Å². The van der Waals surface area contributed by atoms with E-state index in [0.29, 0.717) is 24.6 Å². The lowest BCUT2D eigenvalue weighted by molar-refractivity contribution is -0.128.